The van der Waals surface area contributed by atoms with E-state index in [0.29, 0.717) is 34.3 Å². The maximum absolute atomic E-state index is 14.6. The molecule has 1 atom stereocenters. The Morgan fingerprint density at radius 2 is 1.82 bits per heavy atom. The van der Waals surface area contributed by atoms with Crippen molar-refractivity contribution in [3.05, 3.63) is 92.6 Å². The Balaban J connectivity index is 1.54. The van der Waals surface area contributed by atoms with Crippen LogP contribution in [0.3, 0.4) is 0 Å². The van der Waals surface area contributed by atoms with Gasteiger partial charge in [-0.3, -0.25) is 9.36 Å². The number of aromatic amines is 1. The van der Waals surface area contributed by atoms with Crippen LogP contribution >= 0.6 is 23.1 Å². The molecule has 3 aromatic heterocycles. The van der Waals surface area contributed by atoms with Crippen molar-refractivity contribution in [1.82, 2.24) is 24.7 Å². The van der Waals surface area contributed by atoms with E-state index in [4.69, 9.17) is 4.98 Å². The average molecular weight is 492 g/mol. The molecule has 6 nitrogen and oxygen atoms in total. The van der Waals surface area contributed by atoms with Gasteiger partial charge in [-0.25, -0.2) is 9.37 Å². The number of thioether (sulfide) groups is 1. The SMILES string of the molecule is Cc1sc2nc([C@@H](C)Sc3nnc(-c4ccccc4F)n3Cc3ccccc3)[nH]c(=O)c2c1C. The Morgan fingerprint density at radius 3 is 2.59 bits per heavy atom. The van der Waals surface area contributed by atoms with E-state index in [2.05, 4.69) is 15.2 Å². The molecule has 0 bridgehead atoms. The number of hydrogen-bond acceptors (Lipinski definition) is 6. The number of hydrogen-bond donors (Lipinski definition) is 1. The molecule has 172 valence electrons. The van der Waals surface area contributed by atoms with Crippen molar-refractivity contribution in [2.45, 2.75) is 37.7 Å². The monoisotopic (exact) mass is 491 g/mol. The predicted molar refractivity (Wildman–Crippen MR) is 135 cm³/mol. The summed E-state index contributed by atoms with van der Waals surface area (Å²) in [4.78, 5) is 22.2. The second-order valence-corrected chi connectivity index (χ2v) is 10.5. The Bertz CT molecular complexity index is 1540. The fraction of sp³-hybridized carbons (Fsp3) is 0.200. The molecular formula is C25H22FN5OS2. The minimum Gasteiger partial charge on any atom is -0.309 e. The highest BCUT2D eigenvalue weighted by atomic mass is 32.2. The maximum Gasteiger partial charge on any atom is 0.259 e. The van der Waals surface area contributed by atoms with E-state index >= 15 is 0 Å². The molecule has 0 saturated heterocycles. The van der Waals surface area contributed by atoms with Crippen molar-refractivity contribution in [2.75, 3.05) is 0 Å². The molecule has 0 unspecified atom stereocenters. The smallest absolute Gasteiger partial charge is 0.259 e. The van der Waals surface area contributed by atoms with Gasteiger partial charge in [0.2, 0.25) is 0 Å². The fourth-order valence-electron chi connectivity index (χ4n) is 3.80. The number of aromatic nitrogens is 5. The first-order valence-corrected chi connectivity index (χ1v) is 12.5. The van der Waals surface area contributed by atoms with Gasteiger partial charge in [0, 0.05) is 4.88 Å². The minimum atomic E-state index is -0.353. The van der Waals surface area contributed by atoms with Crippen LogP contribution < -0.4 is 5.56 Å². The van der Waals surface area contributed by atoms with Crippen molar-refractivity contribution < 1.29 is 4.39 Å². The molecule has 0 fully saturated rings. The molecule has 9 heteroatoms. The highest BCUT2D eigenvalue weighted by molar-refractivity contribution is 7.99. The van der Waals surface area contributed by atoms with Crippen LogP contribution in [-0.4, -0.2) is 24.7 Å². The van der Waals surface area contributed by atoms with Crippen LogP contribution in [-0.2, 0) is 6.54 Å². The topological polar surface area (TPSA) is 76.5 Å². The zero-order valence-electron chi connectivity index (χ0n) is 18.9. The lowest BCUT2D eigenvalue weighted by atomic mass is 10.2. The quantitative estimate of drug-likeness (QED) is 0.299. The van der Waals surface area contributed by atoms with Crippen LogP contribution in [0.2, 0.25) is 0 Å². The van der Waals surface area contributed by atoms with Crippen LogP contribution in [0.5, 0.6) is 0 Å². The normalized spacial score (nSPS) is 12.4. The molecule has 5 aromatic rings. The molecule has 0 saturated carbocycles. The summed E-state index contributed by atoms with van der Waals surface area (Å²) < 4.78 is 16.5. The van der Waals surface area contributed by atoms with Crippen LogP contribution in [0.25, 0.3) is 21.6 Å². The van der Waals surface area contributed by atoms with E-state index in [9.17, 15) is 9.18 Å². The standard InChI is InChI=1S/C25H22FN5OS2/c1-14-15(2)33-24-20(14)23(32)27-21(28-24)16(3)34-25-30-29-22(18-11-7-8-12-19(18)26)31(25)13-17-9-5-4-6-10-17/h4-12,16H,13H2,1-3H3,(H,27,28,32)/t16-/m1/s1. The number of nitrogens with one attached hydrogen (secondary N) is 1. The number of rotatable bonds is 6. The Morgan fingerprint density at radius 1 is 1.09 bits per heavy atom. The second-order valence-electron chi connectivity index (χ2n) is 8.03. The lowest BCUT2D eigenvalue weighted by Crippen LogP contribution is -2.13. The fourth-order valence-corrected chi connectivity index (χ4v) is 5.75. The van der Waals surface area contributed by atoms with Gasteiger partial charge < -0.3 is 4.98 Å². The summed E-state index contributed by atoms with van der Waals surface area (Å²) in [5.74, 6) is 0.678. The molecule has 0 aliphatic heterocycles. The van der Waals surface area contributed by atoms with E-state index in [1.807, 2.05) is 55.7 Å². The number of halogens is 1. The van der Waals surface area contributed by atoms with Gasteiger partial charge >= 0.3 is 0 Å². The molecule has 34 heavy (non-hydrogen) atoms. The summed E-state index contributed by atoms with van der Waals surface area (Å²) in [5.41, 5.74) is 2.28. The lowest BCUT2D eigenvalue weighted by Gasteiger charge is -2.14. The summed E-state index contributed by atoms with van der Waals surface area (Å²) in [7, 11) is 0. The first-order chi connectivity index (χ1) is 16.4. The van der Waals surface area contributed by atoms with Gasteiger partial charge in [0.15, 0.2) is 11.0 Å². The zero-order chi connectivity index (χ0) is 23.8. The molecule has 0 amide bonds. The minimum absolute atomic E-state index is 0.132. The lowest BCUT2D eigenvalue weighted by molar-refractivity contribution is 0.626. The Labute approximate surface area is 203 Å². The highest BCUT2D eigenvalue weighted by Gasteiger charge is 2.22. The van der Waals surface area contributed by atoms with E-state index in [-0.39, 0.29) is 16.6 Å². The maximum atomic E-state index is 14.6. The van der Waals surface area contributed by atoms with Gasteiger partial charge in [0.05, 0.1) is 22.7 Å². The number of H-pyrrole nitrogens is 1. The Hall–Kier alpha value is -3.30. The van der Waals surface area contributed by atoms with Gasteiger partial charge in [0.1, 0.15) is 16.5 Å². The molecule has 0 aliphatic rings. The van der Waals surface area contributed by atoms with Gasteiger partial charge in [-0.2, -0.15) is 0 Å². The summed E-state index contributed by atoms with van der Waals surface area (Å²) in [6.45, 7) is 6.39. The van der Waals surface area contributed by atoms with Gasteiger partial charge in [-0.1, -0.05) is 54.2 Å². The van der Waals surface area contributed by atoms with Gasteiger partial charge in [-0.15, -0.1) is 21.5 Å². The zero-order valence-corrected chi connectivity index (χ0v) is 20.5. The molecule has 0 aliphatic carbocycles. The highest BCUT2D eigenvalue weighted by Crippen LogP contribution is 2.36. The number of benzene rings is 2. The third kappa shape index (κ3) is 4.17. The summed E-state index contributed by atoms with van der Waals surface area (Å²) >= 11 is 2.95. The summed E-state index contributed by atoms with van der Waals surface area (Å²) in [6, 6.07) is 16.5. The predicted octanol–water partition coefficient (Wildman–Crippen LogP) is 5.90. The largest absolute Gasteiger partial charge is 0.309 e. The van der Waals surface area contributed by atoms with Crippen molar-refractivity contribution in [3.8, 4) is 11.4 Å². The molecule has 2 aromatic carbocycles. The van der Waals surface area contributed by atoms with Crippen LogP contribution in [0, 0.1) is 19.7 Å². The third-order valence-electron chi connectivity index (χ3n) is 5.74. The first kappa shape index (κ1) is 22.5. The summed E-state index contributed by atoms with van der Waals surface area (Å²) in [5, 5.41) is 9.79. The van der Waals surface area contributed by atoms with Gasteiger partial charge in [-0.05, 0) is 44.0 Å². The molecule has 1 N–H and O–H groups in total. The van der Waals surface area contributed by atoms with Crippen LogP contribution in [0.15, 0.2) is 64.5 Å². The van der Waals surface area contributed by atoms with Gasteiger partial charge in [0.25, 0.3) is 5.56 Å². The van der Waals surface area contributed by atoms with E-state index in [1.54, 1.807) is 18.2 Å². The van der Waals surface area contributed by atoms with E-state index in [1.165, 1.54) is 29.2 Å². The van der Waals surface area contributed by atoms with E-state index < -0.39 is 0 Å². The summed E-state index contributed by atoms with van der Waals surface area (Å²) in [6.07, 6.45) is 0. The molecule has 0 spiro atoms. The third-order valence-corrected chi connectivity index (χ3v) is 7.93. The van der Waals surface area contributed by atoms with E-state index in [0.717, 1.165) is 20.8 Å². The van der Waals surface area contributed by atoms with Crippen molar-refractivity contribution in [3.63, 3.8) is 0 Å². The number of fused-ring (bicyclic) bond motifs is 1. The van der Waals surface area contributed by atoms with Crippen LogP contribution in [0.1, 0.15) is 34.0 Å². The number of nitrogens with zero attached hydrogens (tertiary/aromatic N) is 4. The number of thiophene rings is 1. The van der Waals surface area contributed by atoms with Crippen LogP contribution in [0.4, 0.5) is 4.39 Å². The first-order valence-electron chi connectivity index (χ1n) is 10.8. The van der Waals surface area contributed by atoms with Crippen molar-refractivity contribution in [2.24, 2.45) is 0 Å². The van der Waals surface area contributed by atoms with Crippen molar-refractivity contribution in [1.29, 1.82) is 0 Å². The second kappa shape index (κ2) is 9.15. The molecule has 3 heterocycles. The Kier molecular flexibility index (Phi) is 6.05. The molecule has 5 rings (SSSR count). The van der Waals surface area contributed by atoms with Crippen molar-refractivity contribution >= 4 is 33.3 Å². The number of aryl methyl sites for hydroxylation is 2. The average Bonchev–Trinajstić information content (AvgIpc) is 3.34. The molecular weight excluding hydrogens is 469 g/mol. The molecule has 0 radical (unpaired) electrons.